The summed E-state index contributed by atoms with van der Waals surface area (Å²) in [5.41, 5.74) is 0.732. The average molecular weight is 306 g/mol. The highest BCUT2D eigenvalue weighted by Gasteiger charge is 2.25. The Morgan fingerprint density at radius 2 is 2.00 bits per heavy atom. The molecule has 0 spiro atoms. The molecule has 1 atom stereocenters. The van der Waals surface area contributed by atoms with Crippen molar-refractivity contribution in [1.29, 1.82) is 0 Å². The predicted octanol–water partition coefficient (Wildman–Crippen LogP) is 2.28. The number of halogens is 1. The molecule has 0 radical (unpaired) electrons. The highest BCUT2D eigenvalue weighted by Crippen LogP contribution is 2.19. The molecule has 0 aliphatic carbocycles. The van der Waals surface area contributed by atoms with E-state index in [9.17, 15) is 14.0 Å². The zero-order chi connectivity index (χ0) is 15.9. The van der Waals surface area contributed by atoms with Gasteiger partial charge in [-0.05, 0) is 43.4 Å². The lowest BCUT2D eigenvalue weighted by Gasteiger charge is -2.35. The number of rotatable bonds is 5. The van der Waals surface area contributed by atoms with Crippen LogP contribution in [-0.4, -0.2) is 35.8 Å². The first kappa shape index (κ1) is 16.5. The number of hydrogen-bond acceptors (Lipinski definition) is 2. The number of piperidine rings is 1. The SMILES string of the molecule is CCC1CCCCN1C(=O)CNC(=O)Cc1ccc(F)cc1. The minimum atomic E-state index is -0.324. The van der Waals surface area contributed by atoms with Crippen molar-refractivity contribution in [3.05, 3.63) is 35.6 Å². The molecule has 2 rings (SSSR count). The summed E-state index contributed by atoms with van der Waals surface area (Å²) in [6.07, 6.45) is 4.36. The monoisotopic (exact) mass is 306 g/mol. The molecular formula is C17H23FN2O2. The first-order valence-electron chi connectivity index (χ1n) is 7.90. The molecule has 1 fully saturated rings. The van der Waals surface area contributed by atoms with Crippen LogP contribution in [0.2, 0.25) is 0 Å². The Labute approximate surface area is 130 Å². The van der Waals surface area contributed by atoms with E-state index < -0.39 is 0 Å². The van der Waals surface area contributed by atoms with Gasteiger partial charge in [0.1, 0.15) is 5.82 Å². The maximum absolute atomic E-state index is 12.8. The van der Waals surface area contributed by atoms with Gasteiger partial charge in [-0.15, -0.1) is 0 Å². The molecule has 1 N–H and O–H groups in total. The van der Waals surface area contributed by atoms with Gasteiger partial charge in [-0.2, -0.15) is 0 Å². The summed E-state index contributed by atoms with van der Waals surface area (Å²) in [6, 6.07) is 6.11. The average Bonchev–Trinajstić information content (AvgIpc) is 2.54. The van der Waals surface area contributed by atoms with Gasteiger partial charge in [-0.3, -0.25) is 9.59 Å². The predicted molar refractivity (Wildman–Crippen MR) is 82.8 cm³/mol. The number of likely N-dealkylation sites (tertiary alicyclic amines) is 1. The van der Waals surface area contributed by atoms with Crippen molar-refractivity contribution in [1.82, 2.24) is 10.2 Å². The molecule has 1 aromatic carbocycles. The molecule has 2 amide bonds. The van der Waals surface area contributed by atoms with Crippen LogP contribution in [0.3, 0.4) is 0 Å². The molecule has 0 bridgehead atoms. The standard InChI is InChI=1S/C17H23FN2O2/c1-2-15-5-3-4-10-20(15)17(22)12-19-16(21)11-13-6-8-14(18)9-7-13/h6-9,15H,2-5,10-12H2,1H3,(H,19,21). The van der Waals surface area contributed by atoms with Crippen molar-refractivity contribution in [3.8, 4) is 0 Å². The summed E-state index contributed by atoms with van der Waals surface area (Å²) < 4.78 is 12.8. The zero-order valence-corrected chi connectivity index (χ0v) is 13.0. The molecule has 0 saturated carbocycles. The fourth-order valence-corrected chi connectivity index (χ4v) is 2.88. The Morgan fingerprint density at radius 3 is 2.68 bits per heavy atom. The van der Waals surface area contributed by atoms with Crippen LogP contribution in [0.25, 0.3) is 0 Å². The van der Waals surface area contributed by atoms with E-state index in [0.717, 1.165) is 31.4 Å². The van der Waals surface area contributed by atoms with Crippen molar-refractivity contribution in [2.24, 2.45) is 0 Å². The first-order valence-corrected chi connectivity index (χ1v) is 7.90. The number of amides is 2. The lowest BCUT2D eigenvalue weighted by Crippen LogP contribution is -2.47. The Morgan fingerprint density at radius 1 is 1.27 bits per heavy atom. The summed E-state index contributed by atoms with van der Waals surface area (Å²) in [7, 11) is 0. The fraction of sp³-hybridized carbons (Fsp3) is 0.529. The van der Waals surface area contributed by atoms with Gasteiger partial charge in [0.05, 0.1) is 13.0 Å². The molecule has 120 valence electrons. The summed E-state index contributed by atoms with van der Waals surface area (Å²) in [6.45, 7) is 2.91. The van der Waals surface area contributed by atoms with Crippen molar-refractivity contribution >= 4 is 11.8 Å². The van der Waals surface area contributed by atoms with Crippen molar-refractivity contribution < 1.29 is 14.0 Å². The minimum Gasteiger partial charge on any atom is -0.347 e. The summed E-state index contributed by atoms with van der Waals surface area (Å²) in [5.74, 6) is -0.556. The number of hydrogen-bond donors (Lipinski definition) is 1. The van der Waals surface area contributed by atoms with E-state index in [1.807, 2.05) is 4.90 Å². The van der Waals surface area contributed by atoms with Gasteiger partial charge in [0.15, 0.2) is 0 Å². The van der Waals surface area contributed by atoms with Crippen LogP contribution in [0.5, 0.6) is 0 Å². The van der Waals surface area contributed by atoms with Crippen LogP contribution >= 0.6 is 0 Å². The van der Waals surface area contributed by atoms with E-state index >= 15 is 0 Å². The van der Waals surface area contributed by atoms with Gasteiger partial charge >= 0.3 is 0 Å². The third-order valence-electron chi connectivity index (χ3n) is 4.13. The second kappa shape index (κ2) is 7.92. The zero-order valence-electron chi connectivity index (χ0n) is 13.0. The molecule has 4 nitrogen and oxygen atoms in total. The van der Waals surface area contributed by atoms with E-state index in [-0.39, 0.29) is 30.6 Å². The van der Waals surface area contributed by atoms with Crippen LogP contribution < -0.4 is 5.32 Å². The molecule has 1 aliphatic heterocycles. The molecule has 1 aromatic rings. The van der Waals surface area contributed by atoms with Gasteiger partial charge in [0, 0.05) is 12.6 Å². The Balaban J connectivity index is 1.80. The lowest BCUT2D eigenvalue weighted by atomic mass is 10.00. The van der Waals surface area contributed by atoms with Crippen molar-refractivity contribution in [3.63, 3.8) is 0 Å². The van der Waals surface area contributed by atoms with Gasteiger partial charge in [-0.25, -0.2) is 4.39 Å². The van der Waals surface area contributed by atoms with Gasteiger partial charge in [0.25, 0.3) is 0 Å². The number of nitrogens with one attached hydrogen (secondary N) is 1. The normalized spacial score (nSPS) is 18.1. The molecule has 0 aromatic heterocycles. The van der Waals surface area contributed by atoms with E-state index in [4.69, 9.17) is 0 Å². The minimum absolute atomic E-state index is 0.0148. The van der Waals surface area contributed by atoms with Gasteiger partial charge in [0.2, 0.25) is 11.8 Å². The Kier molecular flexibility index (Phi) is 5.92. The third-order valence-corrected chi connectivity index (χ3v) is 4.13. The highest BCUT2D eigenvalue weighted by molar-refractivity contribution is 5.85. The quantitative estimate of drug-likeness (QED) is 0.907. The second-order valence-electron chi connectivity index (χ2n) is 5.72. The fourth-order valence-electron chi connectivity index (χ4n) is 2.88. The molecule has 1 aliphatic rings. The van der Waals surface area contributed by atoms with Crippen LogP contribution in [0.1, 0.15) is 38.2 Å². The van der Waals surface area contributed by atoms with Gasteiger partial charge < -0.3 is 10.2 Å². The number of benzene rings is 1. The number of nitrogens with zero attached hydrogens (tertiary/aromatic N) is 1. The molecule has 5 heteroatoms. The molecule has 1 saturated heterocycles. The van der Waals surface area contributed by atoms with Crippen LogP contribution in [0, 0.1) is 5.82 Å². The van der Waals surface area contributed by atoms with E-state index in [1.54, 1.807) is 12.1 Å². The van der Waals surface area contributed by atoms with Crippen LogP contribution in [0.4, 0.5) is 4.39 Å². The van der Waals surface area contributed by atoms with Crippen molar-refractivity contribution in [2.45, 2.75) is 45.1 Å². The lowest BCUT2D eigenvalue weighted by molar-refractivity contribution is -0.135. The maximum atomic E-state index is 12.8. The number of carbonyl (C=O) groups excluding carboxylic acids is 2. The maximum Gasteiger partial charge on any atom is 0.242 e. The van der Waals surface area contributed by atoms with Crippen LogP contribution in [-0.2, 0) is 16.0 Å². The highest BCUT2D eigenvalue weighted by atomic mass is 19.1. The third kappa shape index (κ3) is 4.55. The molecule has 22 heavy (non-hydrogen) atoms. The molecular weight excluding hydrogens is 283 g/mol. The largest absolute Gasteiger partial charge is 0.347 e. The molecule has 1 unspecified atom stereocenters. The summed E-state index contributed by atoms with van der Waals surface area (Å²) >= 11 is 0. The van der Waals surface area contributed by atoms with Crippen LogP contribution in [0.15, 0.2) is 24.3 Å². The number of carbonyl (C=O) groups is 2. The van der Waals surface area contributed by atoms with Crippen molar-refractivity contribution in [2.75, 3.05) is 13.1 Å². The van der Waals surface area contributed by atoms with E-state index in [2.05, 4.69) is 12.2 Å². The smallest absolute Gasteiger partial charge is 0.242 e. The Bertz CT molecular complexity index is 516. The summed E-state index contributed by atoms with van der Waals surface area (Å²) in [4.78, 5) is 26.0. The van der Waals surface area contributed by atoms with E-state index in [1.165, 1.54) is 18.6 Å². The second-order valence-corrected chi connectivity index (χ2v) is 5.72. The first-order chi connectivity index (χ1) is 10.6. The van der Waals surface area contributed by atoms with E-state index in [0.29, 0.717) is 6.04 Å². The summed E-state index contributed by atoms with van der Waals surface area (Å²) in [5, 5.41) is 2.66. The topological polar surface area (TPSA) is 49.4 Å². The molecule has 1 heterocycles. The Hall–Kier alpha value is -1.91. The van der Waals surface area contributed by atoms with Gasteiger partial charge in [-0.1, -0.05) is 19.1 Å².